The summed E-state index contributed by atoms with van der Waals surface area (Å²) in [6, 6.07) is 1.85. The molecule has 1 atom stereocenters. The highest BCUT2D eigenvalue weighted by Gasteiger charge is 2.22. The van der Waals surface area contributed by atoms with Gasteiger partial charge >= 0.3 is 0 Å². The van der Waals surface area contributed by atoms with Crippen LogP contribution in [-0.2, 0) is 4.74 Å². The van der Waals surface area contributed by atoms with Crippen molar-refractivity contribution in [2.45, 2.75) is 45.3 Å². The van der Waals surface area contributed by atoms with Crippen LogP contribution in [0.25, 0.3) is 0 Å². The van der Waals surface area contributed by atoms with Crippen LogP contribution >= 0.6 is 23.2 Å². The molecule has 0 aliphatic rings. The Bertz CT molecular complexity index is 410. The van der Waals surface area contributed by atoms with Gasteiger partial charge in [-0.05, 0) is 39.3 Å². The maximum Gasteiger partial charge on any atom is 0.0760 e. The summed E-state index contributed by atoms with van der Waals surface area (Å²) >= 11 is 12.1. The minimum atomic E-state index is -0.146. The van der Waals surface area contributed by atoms with Gasteiger partial charge in [-0.15, -0.1) is 0 Å². The summed E-state index contributed by atoms with van der Waals surface area (Å²) in [5.41, 5.74) is 0.701. The Labute approximate surface area is 125 Å². The Morgan fingerprint density at radius 2 is 2.11 bits per heavy atom. The van der Waals surface area contributed by atoms with Gasteiger partial charge in [0, 0.05) is 13.3 Å². The average molecular weight is 305 g/mol. The van der Waals surface area contributed by atoms with Crippen molar-refractivity contribution in [1.82, 2.24) is 10.3 Å². The minimum absolute atomic E-state index is 0.115. The molecule has 1 aromatic heterocycles. The molecule has 5 heteroatoms. The van der Waals surface area contributed by atoms with E-state index in [9.17, 15) is 0 Å². The third kappa shape index (κ3) is 5.27. The van der Waals surface area contributed by atoms with Gasteiger partial charge in [0.1, 0.15) is 0 Å². The van der Waals surface area contributed by atoms with Crippen molar-refractivity contribution in [3.63, 3.8) is 0 Å². The molecule has 108 valence electrons. The fraction of sp³-hybridized carbons (Fsp3) is 0.643. The lowest BCUT2D eigenvalue weighted by Crippen LogP contribution is -2.28. The van der Waals surface area contributed by atoms with Crippen LogP contribution in [0.5, 0.6) is 0 Å². The summed E-state index contributed by atoms with van der Waals surface area (Å²) in [4.78, 5) is 4.36. The van der Waals surface area contributed by atoms with Crippen LogP contribution in [0, 0.1) is 0 Å². The number of pyridine rings is 1. The zero-order valence-corrected chi connectivity index (χ0v) is 13.5. The molecule has 0 aliphatic carbocycles. The van der Waals surface area contributed by atoms with Gasteiger partial charge in [-0.1, -0.05) is 30.1 Å². The van der Waals surface area contributed by atoms with Crippen LogP contribution in [0.2, 0.25) is 10.0 Å². The minimum Gasteiger partial charge on any atom is -0.379 e. The number of hydrogen-bond donors (Lipinski definition) is 1. The molecule has 1 aromatic rings. The number of aromatic nitrogens is 1. The summed E-state index contributed by atoms with van der Waals surface area (Å²) in [5.74, 6) is 0. The molecule has 1 heterocycles. The largest absolute Gasteiger partial charge is 0.379 e. The number of nitrogens with zero attached hydrogens (tertiary/aromatic N) is 1. The fourth-order valence-electron chi connectivity index (χ4n) is 1.86. The smallest absolute Gasteiger partial charge is 0.0760 e. The molecular weight excluding hydrogens is 283 g/mol. The Morgan fingerprint density at radius 3 is 2.63 bits per heavy atom. The van der Waals surface area contributed by atoms with Crippen LogP contribution in [-0.4, -0.2) is 24.2 Å². The second-order valence-corrected chi connectivity index (χ2v) is 5.98. The first-order chi connectivity index (χ1) is 8.89. The Balaban J connectivity index is 2.82. The number of halogens is 2. The molecule has 0 saturated heterocycles. The van der Waals surface area contributed by atoms with Crippen molar-refractivity contribution in [1.29, 1.82) is 0 Å². The average Bonchev–Trinajstić information content (AvgIpc) is 2.35. The molecular formula is C14H22Cl2N2O. The summed E-state index contributed by atoms with van der Waals surface area (Å²) < 4.78 is 5.45. The monoisotopic (exact) mass is 304 g/mol. The van der Waals surface area contributed by atoms with Crippen molar-refractivity contribution in [3.05, 3.63) is 28.0 Å². The lowest BCUT2D eigenvalue weighted by Gasteiger charge is -2.26. The van der Waals surface area contributed by atoms with E-state index in [-0.39, 0.29) is 11.6 Å². The van der Waals surface area contributed by atoms with Gasteiger partial charge < -0.3 is 10.1 Å². The van der Waals surface area contributed by atoms with Crippen LogP contribution in [0.1, 0.15) is 45.3 Å². The highest BCUT2D eigenvalue weighted by Crippen LogP contribution is 2.29. The van der Waals surface area contributed by atoms with Crippen LogP contribution in [0.4, 0.5) is 0 Å². The van der Waals surface area contributed by atoms with E-state index in [1.807, 2.05) is 0 Å². The fourth-order valence-corrected chi connectivity index (χ4v) is 2.37. The Morgan fingerprint density at radius 1 is 1.42 bits per heavy atom. The lowest BCUT2D eigenvalue weighted by atomic mass is 9.97. The standard InChI is InChI=1S/C14H22Cl2N2O/c1-5-17-12(6-7-14(2,3)19-4)13-11(16)8-10(15)9-18-13/h8-9,12,17H,5-7H2,1-4H3. The topological polar surface area (TPSA) is 34.1 Å². The van der Waals surface area contributed by atoms with E-state index in [2.05, 4.69) is 31.1 Å². The Kier molecular flexibility index (Phi) is 6.54. The van der Waals surface area contributed by atoms with Crippen molar-refractivity contribution >= 4 is 23.2 Å². The van der Waals surface area contributed by atoms with Gasteiger partial charge in [0.2, 0.25) is 0 Å². The molecule has 0 fully saturated rings. The maximum atomic E-state index is 6.23. The molecule has 3 nitrogen and oxygen atoms in total. The van der Waals surface area contributed by atoms with Crippen molar-refractivity contribution in [3.8, 4) is 0 Å². The quantitative estimate of drug-likeness (QED) is 0.818. The van der Waals surface area contributed by atoms with E-state index in [1.165, 1.54) is 0 Å². The van der Waals surface area contributed by atoms with Gasteiger partial charge in [0.25, 0.3) is 0 Å². The number of hydrogen-bond acceptors (Lipinski definition) is 3. The first-order valence-electron chi connectivity index (χ1n) is 6.49. The summed E-state index contributed by atoms with van der Waals surface area (Å²) in [6.07, 6.45) is 3.46. The Hall–Kier alpha value is -0.350. The van der Waals surface area contributed by atoms with Crippen molar-refractivity contribution in [2.75, 3.05) is 13.7 Å². The highest BCUT2D eigenvalue weighted by molar-refractivity contribution is 6.34. The molecule has 0 aromatic carbocycles. The highest BCUT2D eigenvalue weighted by atomic mass is 35.5. The van der Waals surface area contributed by atoms with Gasteiger partial charge in [0.05, 0.1) is 27.4 Å². The number of methoxy groups -OCH3 is 1. The van der Waals surface area contributed by atoms with Crippen molar-refractivity contribution < 1.29 is 4.74 Å². The van der Waals surface area contributed by atoms with E-state index in [4.69, 9.17) is 27.9 Å². The van der Waals surface area contributed by atoms with E-state index < -0.39 is 0 Å². The molecule has 1 unspecified atom stereocenters. The normalized spacial score (nSPS) is 13.6. The summed E-state index contributed by atoms with van der Waals surface area (Å²) in [6.45, 7) is 7.08. The molecule has 0 bridgehead atoms. The first kappa shape index (κ1) is 16.7. The lowest BCUT2D eigenvalue weighted by molar-refractivity contribution is 0.0116. The first-order valence-corrected chi connectivity index (χ1v) is 7.24. The second-order valence-electron chi connectivity index (χ2n) is 5.13. The predicted molar refractivity (Wildman–Crippen MR) is 81.0 cm³/mol. The summed E-state index contributed by atoms with van der Waals surface area (Å²) in [5, 5.41) is 4.57. The van der Waals surface area contributed by atoms with Gasteiger partial charge in [-0.3, -0.25) is 4.98 Å². The molecule has 0 radical (unpaired) electrons. The third-order valence-corrected chi connectivity index (χ3v) is 3.71. The third-order valence-electron chi connectivity index (χ3n) is 3.20. The van der Waals surface area contributed by atoms with Crippen LogP contribution in [0.15, 0.2) is 12.3 Å². The molecule has 0 saturated carbocycles. The van der Waals surface area contributed by atoms with E-state index >= 15 is 0 Å². The number of nitrogens with one attached hydrogen (secondary N) is 1. The van der Waals surface area contributed by atoms with Crippen LogP contribution in [0.3, 0.4) is 0 Å². The molecule has 1 N–H and O–H groups in total. The van der Waals surface area contributed by atoms with Gasteiger partial charge in [-0.25, -0.2) is 0 Å². The molecule has 0 spiro atoms. The molecule has 1 rings (SSSR count). The summed E-state index contributed by atoms with van der Waals surface area (Å²) in [7, 11) is 1.73. The number of rotatable bonds is 7. The van der Waals surface area contributed by atoms with E-state index in [0.29, 0.717) is 10.0 Å². The second kappa shape index (κ2) is 7.44. The van der Waals surface area contributed by atoms with E-state index in [0.717, 1.165) is 25.1 Å². The van der Waals surface area contributed by atoms with Crippen LogP contribution < -0.4 is 5.32 Å². The zero-order valence-electron chi connectivity index (χ0n) is 12.0. The number of ether oxygens (including phenoxy) is 1. The van der Waals surface area contributed by atoms with Gasteiger partial charge in [-0.2, -0.15) is 0 Å². The van der Waals surface area contributed by atoms with Crippen molar-refractivity contribution in [2.24, 2.45) is 0 Å². The predicted octanol–water partition coefficient (Wildman–Crippen LogP) is 4.24. The molecule has 0 amide bonds. The SMILES string of the molecule is CCNC(CCC(C)(C)OC)c1ncc(Cl)cc1Cl. The van der Waals surface area contributed by atoms with Gasteiger partial charge in [0.15, 0.2) is 0 Å². The molecule has 19 heavy (non-hydrogen) atoms. The molecule has 0 aliphatic heterocycles. The zero-order chi connectivity index (χ0) is 14.5. The van der Waals surface area contributed by atoms with E-state index in [1.54, 1.807) is 19.4 Å². The maximum absolute atomic E-state index is 6.23.